The molecule has 1 amide bonds. The molecule has 5 heteroatoms. The molecule has 1 aromatic rings. The molecule has 2 nitrogen and oxygen atoms in total. The minimum atomic E-state index is -0.419. The number of carbonyl (C=O) groups excluding carboxylic acids is 1. The summed E-state index contributed by atoms with van der Waals surface area (Å²) in [6.07, 6.45) is 0.426. The molecule has 1 fully saturated rings. The topological polar surface area (TPSA) is 20.3 Å². The zero-order valence-corrected chi connectivity index (χ0v) is 10.1. The summed E-state index contributed by atoms with van der Waals surface area (Å²) in [5.41, 5.74) is 0.266. The number of rotatable bonds is 2. The number of amides is 1. The normalized spacial score (nSPS) is 20.6. The summed E-state index contributed by atoms with van der Waals surface area (Å²) in [5, 5.41) is 0.429. The molecule has 2 rings (SSSR count). The van der Waals surface area contributed by atoms with E-state index in [4.69, 9.17) is 11.6 Å². The molecule has 0 saturated carbocycles. The Bertz CT molecular complexity index is 426. The highest BCUT2D eigenvalue weighted by atomic mass is 35.5. The lowest BCUT2D eigenvalue weighted by atomic mass is 10.1. The van der Waals surface area contributed by atoms with Gasteiger partial charge in [-0.15, -0.1) is 0 Å². The van der Waals surface area contributed by atoms with Gasteiger partial charge in [0.1, 0.15) is 5.82 Å². The van der Waals surface area contributed by atoms with E-state index in [0.717, 1.165) is 0 Å². The van der Waals surface area contributed by atoms with Crippen molar-refractivity contribution in [1.82, 2.24) is 0 Å². The summed E-state index contributed by atoms with van der Waals surface area (Å²) < 4.78 is 13.6. The van der Waals surface area contributed by atoms with Crippen LogP contribution in [0.3, 0.4) is 0 Å². The van der Waals surface area contributed by atoms with Crippen molar-refractivity contribution in [3.05, 3.63) is 29.0 Å². The van der Waals surface area contributed by atoms with Crippen molar-refractivity contribution in [1.29, 1.82) is 0 Å². The molecule has 0 spiro atoms. The van der Waals surface area contributed by atoms with E-state index in [1.165, 1.54) is 23.1 Å². The van der Waals surface area contributed by atoms with Crippen LogP contribution in [0.4, 0.5) is 10.1 Å². The van der Waals surface area contributed by atoms with Gasteiger partial charge in [-0.05, 0) is 29.9 Å². The fourth-order valence-corrected chi connectivity index (χ4v) is 2.24. The number of hydrogen-bond donors (Lipinski definition) is 1. The number of benzene rings is 1. The summed E-state index contributed by atoms with van der Waals surface area (Å²) in [5.74, 6) is 0.330. The van der Waals surface area contributed by atoms with Crippen molar-refractivity contribution in [2.75, 3.05) is 17.2 Å². The predicted molar refractivity (Wildman–Crippen MR) is 65.7 cm³/mol. The molecule has 1 unspecified atom stereocenters. The quantitative estimate of drug-likeness (QED) is 0.810. The molecule has 0 aromatic heterocycles. The number of halogens is 2. The third-order valence-electron chi connectivity index (χ3n) is 2.66. The summed E-state index contributed by atoms with van der Waals surface area (Å²) in [7, 11) is 0. The lowest BCUT2D eigenvalue weighted by Crippen LogP contribution is -2.25. The molecule has 86 valence electrons. The average molecular weight is 260 g/mol. The fraction of sp³-hybridized carbons (Fsp3) is 0.364. The first-order chi connectivity index (χ1) is 7.61. The Morgan fingerprint density at radius 1 is 1.56 bits per heavy atom. The number of thiol groups is 1. The van der Waals surface area contributed by atoms with Gasteiger partial charge in [-0.3, -0.25) is 4.79 Å². The van der Waals surface area contributed by atoms with E-state index in [2.05, 4.69) is 12.6 Å². The van der Waals surface area contributed by atoms with Crippen LogP contribution in [0.2, 0.25) is 5.02 Å². The molecule has 1 aliphatic heterocycles. The van der Waals surface area contributed by atoms with Gasteiger partial charge in [0.05, 0.1) is 5.69 Å². The first-order valence-corrected chi connectivity index (χ1v) is 5.99. The van der Waals surface area contributed by atoms with Crippen LogP contribution in [0.25, 0.3) is 0 Å². The van der Waals surface area contributed by atoms with Gasteiger partial charge >= 0.3 is 0 Å². The average Bonchev–Trinajstić information content (AvgIpc) is 2.63. The maximum absolute atomic E-state index is 13.6. The first-order valence-electron chi connectivity index (χ1n) is 4.98. The van der Waals surface area contributed by atoms with Gasteiger partial charge in [0.2, 0.25) is 5.91 Å². The molecule has 1 saturated heterocycles. The van der Waals surface area contributed by atoms with Gasteiger partial charge in [0.15, 0.2) is 0 Å². The highest BCUT2D eigenvalue weighted by Gasteiger charge is 2.31. The van der Waals surface area contributed by atoms with E-state index in [9.17, 15) is 9.18 Å². The van der Waals surface area contributed by atoms with Crippen molar-refractivity contribution in [3.8, 4) is 0 Å². The van der Waals surface area contributed by atoms with Crippen LogP contribution < -0.4 is 4.90 Å². The van der Waals surface area contributed by atoms with Crippen LogP contribution in [0.15, 0.2) is 18.2 Å². The SMILES string of the molecule is O=C1CC(CS)CN1c1cc(Cl)ccc1F. The molecule has 1 atom stereocenters. The monoisotopic (exact) mass is 259 g/mol. The molecular formula is C11H11ClFNOS. The minimum Gasteiger partial charge on any atom is -0.309 e. The molecule has 0 bridgehead atoms. The Kier molecular flexibility index (Phi) is 3.40. The lowest BCUT2D eigenvalue weighted by molar-refractivity contribution is -0.117. The third kappa shape index (κ3) is 2.18. The molecule has 0 radical (unpaired) electrons. The number of hydrogen-bond acceptors (Lipinski definition) is 2. The summed E-state index contributed by atoms with van der Waals surface area (Å²) >= 11 is 9.95. The van der Waals surface area contributed by atoms with Gasteiger partial charge in [-0.1, -0.05) is 11.6 Å². The Labute approximate surface area is 104 Å². The van der Waals surface area contributed by atoms with E-state index in [1.54, 1.807) is 0 Å². The van der Waals surface area contributed by atoms with Crippen LogP contribution in [-0.4, -0.2) is 18.2 Å². The molecule has 1 aromatic carbocycles. The van der Waals surface area contributed by atoms with Gasteiger partial charge in [-0.25, -0.2) is 4.39 Å². The molecule has 16 heavy (non-hydrogen) atoms. The van der Waals surface area contributed by atoms with E-state index in [0.29, 0.717) is 23.7 Å². The van der Waals surface area contributed by atoms with Crippen LogP contribution in [-0.2, 0) is 4.79 Å². The number of nitrogens with zero attached hydrogens (tertiary/aromatic N) is 1. The smallest absolute Gasteiger partial charge is 0.227 e. The second kappa shape index (κ2) is 4.63. The summed E-state index contributed by atoms with van der Waals surface area (Å²) in [6, 6.07) is 4.23. The molecule has 0 N–H and O–H groups in total. The van der Waals surface area contributed by atoms with E-state index >= 15 is 0 Å². The highest BCUT2D eigenvalue weighted by molar-refractivity contribution is 7.80. The van der Waals surface area contributed by atoms with E-state index in [-0.39, 0.29) is 17.5 Å². The van der Waals surface area contributed by atoms with E-state index in [1.807, 2.05) is 0 Å². The highest BCUT2D eigenvalue weighted by Crippen LogP contribution is 2.29. The largest absolute Gasteiger partial charge is 0.309 e. The van der Waals surface area contributed by atoms with Crippen LogP contribution in [0.1, 0.15) is 6.42 Å². The van der Waals surface area contributed by atoms with Gasteiger partial charge < -0.3 is 4.90 Å². The fourth-order valence-electron chi connectivity index (χ4n) is 1.83. The Balaban J connectivity index is 2.30. The van der Waals surface area contributed by atoms with Crippen molar-refractivity contribution >= 4 is 35.8 Å². The summed E-state index contributed by atoms with van der Waals surface area (Å²) in [6.45, 7) is 0.513. The molecule has 1 heterocycles. The van der Waals surface area contributed by atoms with Crippen LogP contribution >= 0.6 is 24.2 Å². The maximum Gasteiger partial charge on any atom is 0.227 e. The zero-order chi connectivity index (χ0) is 11.7. The molecular weight excluding hydrogens is 249 g/mol. The van der Waals surface area contributed by atoms with E-state index < -0.39 is 5.82 Å². The van der Waals surface area contributed by atoms with Crippen LogP contribution in [0, 0.1) is 11.7 Å². The van der Waals surface area contributed by atoms with Crippen molar-refractivity contribution in [3.63, 3.8) is 0 Å². The van der Waals surface area contributed by atoms with Gasteiger partial charge in [0, 0.05) is 18.0 Å². The number of carbonyl (C=O) groups is 1. The van der Waals surface area contributed by atoms with Gasteiger partial charge in [-0.2, -0.15) is 12.6 Å². The van der Waals surface area contributed by atoms with Gasteiger partial charge in [0.25, 0.3) is 0 Å². The van der Waals surface area contributed by atoms with Crippen LogP contribution in [0.5, 0.6) is 0 Å². The summed E-state index contributed by atoms with van der Waals surface area (Å²) in [4.78, 5) is 13.1. The Hall–Kier alpha value is -0.740. The van der Waals surface area contributed by atoms with Crippen molar-refractivity contribution < 1.29 is 9.18 Å². The molecule has 1 aliphatic rings. The first kappa shape index (κ1) is 11.7. The van der Waals surface area contributed by atoms with Crippen molar-refractivity contribution in [2.45, 2.75) is 6.42 Å². The Morgan fingerprint density at radius 3 is 2.94 bits per heavy atom. The lowest BCUT2D eigenvalue weighted by Gasteiger charge is -2.17. The third-order valence-corrected chi connectivity index (χ3v) is 3.41. The van der Waals surface area contributed by atoms with Crippen molar-refractivity contribution in [2.24, 2.45) is 5.92 Å². The number of anilines is 1. The second-order valence-corrected chi connectivity index (χ2v) is 4.65. The Morgan fingerprint density at radius 2 is 2.31 bits per heavy atom. The standard InChI is InChI=1S/C11H11ClFNOS/c12-8-1-2-9(13)10(4-8)14-5-7(6-16)3-11(14)15/h1-2,4,7,16H,3,5-6H2. The second-order valence-electron chi connectivity index (χ2n) is 3.85. The zero-order valence-electron chi connectivity index (χ0n) is 8.49. The molecule has 0 aliphatic carbocycles. The minimum absolute atomic E-state index is 0.0692. The predicted octanol–water partition coefficient (Wildman–Crippen LogP) is 2.76. The maximum atomic E-state index is 13.6.